The van der Waals surface area contributed by atoms with E-state index in [-0.39, 0.29) is 12.1 Å². The van der Waals surface area contributed by atoms with Crippen LogP contribution in [0.1, 0.15) is 62.6 Å². The Hall–Kier alpha value is -1.59. The topological polar surface area (TPSA) is 63.1 Å². The van der Waals surface area contributed by atoms with Gasteiger partial charge in [0.2, 0.25) is 0 Å². The minimum absolute atomic E-state index is 0.0119. The normalized spacial score (nSPS) is 23.1. The second-order valence-electron chi connectivity index (χ2n) is 6.16. The SMILES string of the molecule is Cc1nnc2n1CCC[C@@H]2NC(=O)N1CCCCCCC1. The lowest BCUT2D eigenvalue weighted by molar-refractivity contribution is 0.185. The van der Waals surface area contributed by atoms with Crippen molar-refractivity contribution in [3.63, 3.8) is 0 Å². The number of rotatable bonds is 1. The zero-order chi connectivity index (χ0) is 14.7. The third-order valence-electron chi connectivity index (χ3n) is 4.59. The summed E-state index contributed by atoms with van der Waals surface area (Å²) >= 11 is 0. The van der Waals surface area contributed by atoms with Gasteiger partial charge in [0.25, 0.3) is 0 Å². The van der Waals surface area contributed by atoms with Crippen molar-refractivity contribution in [3.05, 3.63) is 11.6 Å². The highest BCUT2D eigenvalue weighted by molar-refractivity contribution is 5.74. The Labute approximate surface area is 125 Å². The summed E-state index contributed by atoms with van der Waals surface area (Å²) in [5.74, 6) is 1.86. The molecule has 0 radical (unpaired) electrons. The van der Waals surface area contributed by atoms with Gasteiger partial charge in [0, 0.05) is 19.6 Å². The molecular weight excluding hydrogens is 266 g/mol. The van der Waals surface area contributed by atoms with Crippen LogP contribution in [0.4, 0.5) is 4.79 Å². The van der Waals surface area contributed by atoms with Crippen LogP contribution >= 0.6 is 0 Å². The molecule has 3 heterocycles. The molecule has 1 aromatic heterocycles. The van der Waals surface area contributed by atoms with Crippen LogP contribution < -0.4 is 5.32 Å². The predicted octanol–water partition coefficient (Wildman–Crippen LogP) is 2.40. The van der Waals surface area contributed by atoms with Crippen molar-refractivity contribution in [1.29, 1.82) is 0 Å². The molecular formula is C15H25N5O. The molecule has 0 aromatic carbocycles. The molecule has 0 bridgehead atoms. The molecule has 6 heteroatoms. The summed E-state index contributed by atoms with van der Waals surface area (Å²) in [4.78, 5) is 14.5. The third kappa shape index (κ3) is 3.19. The van der Waals surface area contributed by atoms with E-state index in [0.29, 0.717) is 0 Å². The first kappa shape index (κ1) is 14.4. The Morgan fingerprint density at radius 2 is 1.76 bits per heavy atom. The number of aryl methyl sites for hydroxylation is 1. The van der Waals surface area contributed by atoms with Crippen LogP contribution in [-0.2, 0) is 6.54 Å². The van der Waals surface area contributed by atoms with E-state index in [4.69, 9.17) is 0 Å². The van der Waals surface area contributed by atoms with E-state index in [9.17, 15) is 4.79 Å². The standard InChI is InChI=1S/C15H25N5O/c1-12-17-18-14-13(8-7-11-20(12)14)16-15(21)19-9-5-3-2-4-6-10-19/h13H,2-11H2,1H3,(H,16,21)/t13-/m0/s1. The van der Waals surface area contributed by atoms with Crippen LogP contribution in [0.15, 0.2) is 0 Å². The number of aromatic nitrogens is 3. The molecule has 1 atom stereocenters. The van der Waals surface area contributed by atoms with Crippen LogP contribution in [0, 0.1) is 6.92 Å². The highest BCUT2D eigenvalue weighted by atomic mass is 16.2. The predicted molar refractivity (Wildman–Crippen MR) is 79.9 cm³/mol. The lowest BCUT2D eigenvalue weighted by atomic mass is 10.1. The monoisotopic (exact) mass is 291 g/mol. The van der Waals surface area contributed by atoms with Gasteiger partial charge in [0.1, 0.15) is 5.82 Å². The Morgan fingerprint density at radius 1 is 1.05 bits per heavy atom. The van der Waals surface area contributed by atoms with Crippen molar-refractivity contribution in [3.8, 4) is 0 Å². The molecule has 0 unspecified atom stereocenters. The van der Waals surface area contributed by atoms with Gasteiger partial charge in [-0.1, -0.05) is 19.3 Å². The minimum Gasteiger partial charge on any atom is -0.328 e. The second-order valence-corrected chi connectivity index (χ2v) is 6.16. The molecule has 1 N–H and O–H groups in total. The van der Waals surface area contributed by atoms with Crippen molar-refractivity contribution in [2.24, 2.45) is 0 Å². The fourth-order valence-electron chi connectivity index (χ4n) is 3.34. The molecule has 2 aliphatic heterocycles. The largest absolute Gasteiger partial charge is 0.328 e. The fraction of sp³-hybridized carbons (Fsp3) is 0.800. The number of nitrogens with zero attached hydrogens (tertiary/aromatic N) is 4. The lowest BCUT2D eigenvalue weighted by Gasteiger charge is -2.29. The van der Waals surface area contributed by atoms with E-state index in [1.807, 2.05) is 11.8 Å². The summed E-state index contributed by atoms with van der Waals surface area (Å²) in [6, 6.07) is 0.0777. The Bertz CT molecular complexity index is 490. The van der Waals surface area contributed by atoms with Crippen molar-refractivity contribution < 1.29 is 4.79 Å². The van der Waals surface area contributed by atoms with Crippen LogP contribution in [0.2, 0.25) is 0 Å². The van der Waals surface area contributed by atoms with E-state index >= 15 is 0 Å². The molecule has 1 fully saturated rings. The van der Waals surface area contributed by atoms with Crippen molar-refractivity contribution >= 4 is 6.03 Å². The summed E-state index contributed by atoms with van der Waals surface area (Å²) in [6.45, 7) is 4.69. The van der Waals surface area contributed by atoms with Gasteiger partial charge in [-0.05, 0) is 32.6 Å². The molecule has 2 amide bonds. The molecule has 0 spiro atoms. The van der Waals surface area contributed by atoms with E-state index in [2.05, 4.69) is 20.1 Å². The molecule has 6 nitrogen and oxygen atoms in total. The number of likely N-dealkylation sites (tertiary alicyclic amines) is 1. The molecule has 21 heavy (non-hydrogen) atoms. The number of carbonyl (C=O) groups is 1. The van der Waals surface area contributed by atoms with Gasteiger partial charge in [-0.3, -0.25) is 0 Å². The lowest BCUT2D eigenvalue weighted by Crippen LogP contribution is -2.44. The maximum Gasteiger partial charge on any atom is 0.317 e. The van der Waals surface area contributed by atoms with Crippen molar-refractivity contribution in [1.82, 2.24) is 25.0 Å². The highest BCUT2D eigenvalue weighted by Crippen LogP contribution is 2.24. The zero-order valence-corrected chi connectivity index (χ0v) is 12.8. The molecule has 1 aromatic rings. The Balaban J connectivity index is 1.64. The molecule has 0 aliphatic carbocycles. The Morgan fingerprint density at radius 3 is 2.52 bits per heavy atom. The summed E-state index contributed by atoms with van der Waals surface area (Å²) in [5, 5.41) is 11.6. The number of urea groups is 1. The molecule has 1 saturated heterocycles. The van der Waals surface area contributed by atoms with Gasteiger partial charge in [-0.2, -0.15) is 0 Å². The molecule has 3 rings (SSSR count). The van der Waals surface area contributed by atoms with Crippen LogP contribution in [0.5, 0.6) is 0 Å². The van der Waals surface area contributed by atoms with Gasteiger partial charge in [-0.15, -0.1) is 10.2 Å². The molecule has 116 valence electrons. The van der Waals surface area contributed by atoms with Crippen LogP contribution in [-0.4, -0.2) is 38.8 Å². The molecule has 0 saturated carbocycles. The van der Waals surface area contributed by atoms with E-state index < -0.39 is 0 Å². The number of nitrogens with one attached hydrogen (secondary N) is 1. The summed E-state index contributed by atoms with van der Waals surface area (Å²) < 4.78 is 2.13. The number of fused-ring (bicyclic) bond motifs is 1. The average Bonchev–Trinajstić information content (AvgIpc) is 2.81. The smallest absolute Gasteiger partial charge is 0.317 e. The second kappa shape index (κ2) is 6.45. The van der Waals surface area contributed by atoms with Crippen molar-refractivity contribution in [2.75, 3.05) is 13.1 Å². The van der Waals surface area contributed by atoms with Crippen molar-refractivity contribution in [2.45, 2.75) is 64.5 Å². The number of hydrogen-bond donors (Lipinski definition) is 1. The minimum atomic E-state index is 0.0119. The quantitative estimate of drug-likeness (QED) is 0.864. The van der Waals surface area contributed by atoms with E-state index in [1.165, 1.54) is 19.3 Å². The average molecular weight is 291 g/mol. The van der Waals surface area contributed by atoms with Gasteiger partial charge < -0.3 is 14.8 Å². The van der Waals surface area contributed by atoms with Crippen LogP contribution in [0.25, 0.3) is 0 Å². The summed E-state index contributed by atoms with van der Waals surface area (Å²) in [6.07, 6.45) is 8.04. The molecule has 2 aliphatic rings. The van der Waals surface area contributed by atoms with Gasteiger partial charge in [0.05, 0.1) is 6.04 Å². The zero-order valence-electron chi connectivity index (χ0n) is 12.8. The van der Waals surface area contributed by atoms with Gasteiger partial charge in [-0.25, -0.2) is 4.79 Å². The first-order valence-electron chi connectivity index (χ1n) is 8.21. The first-order chi connectivity index (χ1) is 10.3. The maximum absolute atomic E-state index is 12.5. The Kier molecular flexibility index (Phi) is 4.41. The van der Waals surface area contributed by atoms with E-state index in [0.717, 1.165) is 57.0 Å². The van der Waals surface area contributed by atoms with Gasteiger partial charge >= 0.3 is 6.03 Å². The summed E-state index contributed by atoms with van der Waals surface area (Å²) in [5.41, 5.74) is 0. The maximum atomic E-state index is 12.5. The summed E-state index contributed by atoms with van der Waals surface area (Å²) in [7, 11) is 0. The number of carbonyl (C=O) groups excluding carboxylic acids is 1. The third-order valence-corrected chi connectivity index (χ3v) is 4.59. The number of hydrogen-bond acceptors (Lipinski definition) is 3. The van der Waals surface area contributed by atoms with E-state index in [1.54, 1.807) is 0 Å². The van der Waals surface area contributed by atoms with Crippen LogP contribution in [0.3, 0.4) is 0 Å². The first-order valence-corrected chi connectivity index (χ1v) is 8.21. The highest BCUT2D eigenvalue weighted by Gasteiger charge is 2.27. The fourth-order valence-corrected chi connectivity index (χ4v) is 3.34. The van der Waals surface area contributed by atoms with Gasteiger partial charge in [0.15, 0.2) is 5.82 Å². The number of amides is 2.